The first-order valence-corrected chi connectivity index (χ1v) is 7.23. The van der Waals surface area contributed by atoms with Crippen molar-refractivity contribution < 1.29 is 27.5 Å². The molecular formula is C14H22F3NO3. The number of amides is 1. The van der Waals surface area contributed by atoms with Gasteiger partial charge in [-0.2, -0.15) is 13.2 Å². The summed E-state index contributed by atoms with van der Waals surface area (Å²) >= 11 is 0. The van der Waals surface area contributed by atoms with Gasteiger partial charge in [-0.1, -0.05) is 12.8 Å². The lowest BCUT2D eigenvalue weighted by molar-refractivity contribution is -0.175. The molecule has 1 saturated heterocycles. The first kappa shape index (κ1) is 17.9. The van der Waals surface area contributed by atoms with E-state index in [-0.39, 0.29) is 30.8 Å². The number of carbonyl (C=O) groups is 2. The number of hydrogen-bond donors (Lipinski definition) is 0. The Labute approximate surface area is 122 Å². The molecule has 1 atom stereocenters. The number of hydrogen-bond acceptors (Lipinski definition) is 3. The van der Waals surface area contributed by atoms with E-state index in [4.69, 9.17) is 0 Å². The van der Waals surface area contributed by atoms with E-state index in [1.165, 1.54) is 6.92 Å². The van der Waals surface area contributed by atoms with Gasteiger partial charge in [0.1, 0.15) is 12.4 Å². The second kappa shape index (κ2) is 8.36. The molecule has 1 rings (SSSR count). The Morgan fingerprint density at radius 1 is 1.24 bits per heavy atom. The highest BCUT2D eigenvalue weighted by Gasteiger charge is 2.29. The summed E-state index contributed by atoms with van der Waals surface area (Å²) in [6.07, 6.45) is -0.532. The molecule has 1 aliphatic heterocycles. The van der Waals surface area contributed by atoms with Crippen LogP contribution in [0.5, 0.6) is 0 Å². The normalized spacial score (nSPS) is 20.2. The van der Waals surface area contributed by atoms with Crippen LogP contribution in [-0.2, 0) is 14.3 Å². The first-order valence-electron chi connectivity index (χ1n) is 7.23. The molecule has 4 nitrogen and oxygen atoms in total. The van der Waals surface area contributed by atoms with E-state index < -0.39 is 12.8 Å². The van der Waals surface area contributed by atoms with Gasteiger partial charge in [-0.3, -0.25) is 9.59 Å². The lowest BCUT2D eigenvalue weighted by Crippen LogP contribution is -2.41. The second-order valence-corrected chi connectivity index (χ2v) is 5.41. The summed E-state index contributed by atoms with van der Waals surface area (Å²) in [5.74, 6) is -0.210. The van der Waals surface area contributed by atoms with Crippen LogP contribution in [0.25, 0.3) is 0 Å². The van der Waals surface area contributed by atoms with Gasteiger partial charge in [0, 0.05) is 19.0 Å². The molecule has 1 heterocycles. The monoisotopic (exact) mass is 309 g/mol. The predicted octanol–water partition coefficient (Wildman–Crippen LogP) is 2.71. The van der Waals surface area contributed by atoms with Crippen molar-refractivity contribution in [3.05, 3.63) is 0 Å². The van der Waals surface area contributed by atoms with E-state index in [1.54, 1.807) is 4.90 Å². The number of rotatable bonds is 6. The Bertz CT molecular complexity index is 358. The van der Waals surface area contributed by atoms with Crippen molar-refractivity contribution in [2.45, 2.75) is 57.7 Å². The smallest absolute Gasteiger partial charge is 0.372 e. The standard InChI is InChI=1S/C14H22F3NO3/c1-11(19)9-12-5-3-2-4-7-18(12)13(20)6-8-21-10-14(15,16)17/h12H,2-10H2,1H3. The molecule has 21 heavy (non-hydrogen) atoms. The van der Waals surface area contributed by atoms with Crippen molar-refractivity contribution >= 4 is 11.7 Å². The molecule has 1 unspecified atom stereocenters. The highest BCUT2D eigenvalue weighted by molar-refractivity contribution is 5.79. The van der Waals surface area contributed by atoms with Gasteiger partial charge in [-0.05, 0) is 19.8 Å². The molecule has 1 aliphatic rings. The van der Waals surface area contributed by atoms with Gasteiger partial charge in [0.25, 0.3) is 0 Å². The van der Waals surface area contributed by atoms with Crippen LogP contribution in [0.1, 0.15) is 45.4 Å². The van der Waals surface area contributed by atoms with Crippen molar-refractivity contribution in [2.24, 2.45) is 0 Å². The number of ether oxygens (including phenoxy) is 1. The van der Waals surface area contributed by atoms with Crippen molar-refractivity contribution in [3.8, 4) is 0 Å². The number of Topliss-reactive ketones (excluding diaryl/α,β-unsaturated/α-hetero) is 1. The summed E-state index contributed by atoms with van der Waals surface area (Å²) in [6, 6.07) is -0.125. The molecule has 0 aromatic heterocycles. The molecule has 0 N–H and O–H groups in total. The molecule has 122 valence electrons. The van der Waals surface area contributed by atoms with Gasteiger partial charge in [-0.15, -0.1) is 0 Å². The van der Waals surface area contributed by atoms with Gasteiger partial charge < -0.3 is 9.64 Å². The van der Waals surface area contributed by atoms with E-state index in [2.05, 4.69) is 4.74 Å². The number of carbonyl (C=O) groups excluding carboxylic acids is 2. The quantitative estimate of drug-likeness (QED) is 0.709. The van der Waals surface area contributed by atoms with E-state index in [9.17, 15) is 22.8 Å². The molecule has 0 saturated carbocycles. The fourth-order valence-corrected chi connectivity index (χ4v) is 2.54. The van der Waals surface area contributed by atoms with Crippen molar-refractivity contribution in [2.75, 3.05) is 19.8 Å². The molecule has 1 fully saturated rings. The van der Waals surface area contributed by atoms with E-state index >= 15 is 0 Å². The molecule has 7 heteroatoms. The van der Waals surface area contributed by atoms with Crippen LogP contribution in [0, 0.1) is 0 Å². The van der Waals surface area contributed by atoms with E-state index in [0.717, 1.165) is 25.7 Å². The highest BCUT2D eigenvalue weighted by atomic mass is 19.4. The van der Waals surface area contributed by atoms with Crippen LogP contribution in [0.3, 0.4) is 0 Å². The molecule has 0 aromatic rings. The summed E-state index contributed by atoms with van der Waals surface area (Å²) < 4.78 is 40.3. The summed E-state index contributed by atoms with van der Waals surface area (Å²) in [5, 5.41) is 0. The fraction of sp³-hybridized carbons (Fsp3) is 0.857. The predicted molar refractivity (Wildman–Crippen MR) is 70.8 cm³/mol. The van der Waals surface area contributed by atoms with Gasteiger partial charge in [0.2, 0.25) is 5.91 Å². The minimum absolute atomic E-state index is 0.0213. The number of nitrogens with zero attached hydrogens (tertiary/aromatic N) is 1. The van der Waals surface area contributed by atoms with Crippen molar-refractivity contribution in [1.29, 1.82) is 0 Å². The van der Waals surface area contributed by atoms with Gasteiger partial charge in [0.15, 0.2) is 0 Å². The zero-order chi connectivity index (χ0) is 15.9. The lowest BCUT2D eigenvalue weighted by Gasteiger charge is -2.29. The molecule has 0 aliphatic carbocycles. The number of likely N-dealkylation sites (tertiary alicyclic amines) is 1. The average molecular weight is 309 g/mol. The van der Waals surface area contributed by atoms with Crippen molar-refractivity contribution in [1.82, 2.24) is 4.90 Å². The van der Waals surface area contributed by atoms with E-state index in [0.29, 0.717) is 13.0 Å². The summed E-state index contributed by atoms with van der Waals surface area (Å²) in [6.45, 7) is 0.467. The molecule has 0 bridgehead atoms. The maximum Gasteiger partial charge on any atom is 0.411 e. The Hall–Kier alpha value is -1.11. The van der Waals surface area contributed by atoms with Gasteiger partial charge >= 0.3 is 6.18 Å². The molecule has 1 amide bonds. The SMILES string of the molecule is CC(=O)CC1CCCCCN1C(=O)CCOCC(F)(F)F. The van der Waals surface area contributed by atoms with Crippen molar-refractivity contribution in [3.63, 3.8) is 0 Å². The zero-order valence-corrected chi connectivity index (χ0v) is 12.2. The fourth-order valence-electron chi connectivity index (χ4n) is 2.54. The van der Waals surface area contributed by atoms with E-state index in [1.807, 2.05) is 0 Å². The highest BCUT2D eigenvalue weighted by Crippen LogP contribution is 2.21. The molecular weight excluding hydrogens is 287 g/mol. The third-order valence-corrected chi connectivity index (χ3v) is 3.45. The van der Waals surface area contributed by atoms with Crippen LogP contribution in [-0.4, -0.2) is 48.6 Å². The average Bonchev–Trinajstić information content (AvgIpc) is 2.58. The third kappa shape index (κ3) is 7.45. The summed E-state index contributed by atoms with van der Waals surface area (Å²) in [7, 11) is 0. The van der Waals surface area contributed by atoms with Crippen LogP contribution in [0.2, 0.25) is 0 Å². The Morgan fingerprint density at radius 3 is 2.57 bits per heavy atom. The zero-order valence-electron chi connectivity index (χ0n) is 12.2. The number of halogens is 3. The topological polar surface area (TPSA) is 46.6 Å². The van der Waals surface area contributed by atoms with Crippen LogP contribution in [0.15, 0.2) is 0 Å². The molecule has 0 radical (unpaired) electrons. The minimum atomic E-state index is -4.37. The Morgan fingerprint density at radius 2 is 1.95 bits per heavy atom. The Balaban J connectivity index is 2.45. The van der Waals surface area contributed by atoms with Crippen LogP contribution < -0.4 is 0 Å². The summed E-state index contributed by atoms with van der Waals surface area (Å²) in [4.78, 5) is 25.0. The number of ketones is 1. The molecule has 0 spiro atoms. The Kier molecular flexibility index (Phi) is 7.14. The largest absolute Gasteiger partial charge is 0.411 e. The van der Waals surface area contributed by atoms with Gasteiger partial charge in [0.05, 0.1) is 13.0 Å². The maximum atomic E-state index is 12.1. The lowest BCUT2D eigenvalue weighted by atomic mass is 10.0. The molecule has 0 aromatic carbocycles. The summed E-state index contributed by atoms with van der Waals surface area (Å²) in [5.41, 5.74) is 0. The van der Waals surface area contributed by atoms with Crippen LogP contribution in [0.4, 0.5) is 13.2 Å². The van der Waals surface area contributed by atoms with Gasteiger partial charge in [-0.25, -0.2) is 0 Å². The number of alkyl halides is 3. The maximum absolute atomic E-state index is 12.1. The first-order chi connectivity index (χ1) is 9.79. The third-order valence-electron chi connectivity index (χ3n) is 3.45. The van der Waals surface area contributed by atoms with Crippen LogP contribution >= 0.6 is 0 Å². The second-order valence-electron chi connectivity index (χ2n) is 5.41. The minimum Gasteiger partial charge on any atom is -0.372 e.